The molecule has 0 radical (unpaired) electrons. The molecule has 144 valence electrons. The van der Waals surface area contributed by atoms with Gasteiger partial charge >= 0.3 is 5.97 Å². The summed E-state index contributed by atoms with van der Waals surface area (Å²) in [6.07, 6.45) is 1.38. The summed E-state index contributed by atoms with van der Waals surface area (Å²) >= 11 is 0. The Morgan fingerprint density at radius 3 is 2.43 bits per heavy atom. The van der Waals surface area contributed by atoms with Crippen molar-refractivity contribution in [3.8, 4) is 5.75 Å². The molecule has 0 saturated carbocycles. The van der Waals surface area contributed by atoms with Crippen LogP contribution in [-0.4, -0.2) is 25.6 Å². The van der Waals surface area contributed by atoms with E-state index in [2.05, 4.69) is 0 Å². The van der Waals surface area contributed by atoms with E-state index < -0.39 is 17.7 Å². The number of carbonyl (C=O) groups is 2. The van der Waals surface area contributed by atoms with E-state index in [1.54, 1.807) is 49.4 Å². The molecule has 1 heterocycles. The van der Waals surface area contributed by atoms with Crippen LogP contribution in [0.5, 0.6) is 5.75 Å². The zero-order valence-corrected chi connectivity index (χ0v) is 15.9. The number of nitrogens with zero attached hydrogens (tertiary/aromatic N) is 1. The van der Waals surface area contributed by atoms with Crippen LogP contribution < -0.4 is 9.64 Å². The van der Waals surface area contributed by atoms with Crippen LogP contribution in [0.4, 0.5) is 10.1 Å². The largest absolute Gasteiger partial charge is 0.494 e. The molecule has 2 aromatic carbocycles. The Labute approximate surface area is 162 Å². The molecule has 1 amide bonds. The number of benzene rings is 2. The number of rotatable bonds is 5. The van der Waals surface area contributed by atoms with Gasteiger partial charge in [0.1, 0.15) is 11.6 Å². The molecule has 0 aromatic heterocycles. The van der Waals surface area contributed by atoms with Gasteiger partial charge in [-0.25, -0.2) is 9.18 Å². The molecule has 0 spiro atoms. The van der Waals surface area contributed by atoms with Gasteiger partial charge in [-0.3, -0.25) is 9.69 Å². The fraction of sp³-hybridized carbons (Fsp3) is 0.182. The topological polar surface area (TPSA) is 55.8 Å². The molecule has 6 heteroatoms. The Hall–Kier alpha value is -3.41. The van der Waals surface area contributed by atoms with E-state index in [-0.39, 0.29) is 16.7 Å². The van der Waals surface area contributed by atoms with Crippen molar-refractivity contribution in [2.75, 3.05) is 18.6 Å². The molecule has 0 aliphatic carbocycles. The Kier molecular flexibility index (Phi) is 5.59. The summed E-state index contributed by atoms with van der Waals surface area (Å²) in [5, 5.41) is 0. The second-order valence-corrected chi connectivity index (χ2v) is 6.10. The zero-order chi connectivity index (χ0) is 20.3. The van der Waals surface area contributed by atoms with Crippen LogP contribution in [-0.2, 0) is 14.3 Å². The Balaban J connectivity index is 2.09. The minimum Gasteiger partial charge on any atom is -0.494 e. The quantitative estimate of drug-likeness (QED) is 0.578. The van der Waals surface area contributed by atoms with Gasteiger partial charge in [0.05, 0.1) is 24.9 Å². The van der Waals surface area contributed by atoms with Gasteiger partial charge in [0.25, 0.3) is 5.91 Å². The minimum absolute atomic E-state index is 0.0864. The van der Waals surface area contributed by atoms with E-state index >= 15 is 0 Å². The van der Waals surface area contributed by atoms with Crippen molar-refractivity contribution in [3.05, 3.63) is 76.8 Å². The molecule has 28 heavy (non-hydrogen) atoms. The van der Waals surface area contributed by atoms with Crippen molar-refractivity contribution >= 4 is 23.6 Å². The standard InChI is InChI=1S/C22H20FNO4/c1-4-28-17-11-9-16(10-12-17)24-14(2)20(22(26)27-3)18(21(24)25)13-15-7-5-6-8-19(15)23/h5-13H,4H2,1-3H3/b18-13-. The summed E-state index contributed by atoms with van der Waals surface area (Å²) in [7, 11) is 1.24. The maximum Gasteiger partial charge on any atom is 0.340 e. The van der Waals surface area contributed by atoms with Gasteiger partial charge in [-0.15, -0.1) is 0 Å². The number of halogens is 1. The van der Waals surface area contributed by atoms with Crippen LogP contribution in [0.2, 0.25) is 0 Å². The number of anilines is 1. The highest BCUT2D eigenvalue weighted by Gasteiger charge is 2.38. The molecule has 1 aliphatic rings. The normalized spacial score (nSPS) is 15.4. The van der Waals surface area contributed by atoms with Crippen LogP contribution in [0.25, 0.3) is 6.08 Å². The van der Waals surface area contributed by atoms with Crippen molar-refractivity contribution in [3.63, 3.8) is 0 Å². The van der Waals surface area contributed by atoms with Gasteiger partial charge < -0.3 is 9.47 Å². The maximum atomic E-state index is 14.1. The van der Waals surface area contributed by atoms with Crippen molar-refractivity contribution in [2.45, 2.75) is 13.8 Å². The molecule has 5 nitrogen and oxygen atoms in total. The predicted octanol–water partition coefficient (Wildman–Crippen LogP) is 4.10. The predicted molar refractivity (Wildman–Crippen MR) is 104 cm³/mol. The first-order chi connectivity index (χ1) is 13.5. The smallest absolute Gasteiger partial charge is 0.340 e. The third kappa shape index (κ3) is 3.53. The van der Waals surface area contributed by atoms with E-state index in [4.69, 9.17) is 9.47 Å². The molecule has 2 aromatic rings. The van der Waals surface area contributed by atoms with Gasteiger partial charge in [-0.2, -0.15) is 0 Å². The molecule has 0 bridgehead atoms. The average Bonchev–Trinajstić information content (AvgIpc) is 2.94. The van der Waals surface area contributed by atoms with Gasteiger partial charge in [0.2, 0.25) is 0 Å². The Morgan fingerprint density at radius 1 is 1.14 bits per heavy atom. The lowest BCUT2D eigenvalue weighted by Crippen LogP contribution is -2.24. The number of allylic oxidation sites excluding steroid dienone is 1. The van der Waals surface area contributed by atoms with Crippen LogP contribution in [0.15, 0.2) is 65.4 Å². The number of hydrogen-bond donors (Lipinski definition) is 0. The molecule has 0 fully saturated rings. The SMILES string of the molecule is CCOc1ccc(N2C(=O)/C(=C\c3ccccc3F)C(C(=O)OC)=C2C)cc1. The number of methoxy groups -OCH3 is 1. The first kappa shape index (κ1) is 19.4. The Bertz CT molecular complexity index is 976. The highest BCUT2D eigenvalue weighted by Crippen LogP contribution is 2.36. The van der Waals surface area contributed by atoms with Crippen molar-refractivity contribution in [1.29, 1.82) is 0 Å². The van der Waals surface area contributed by atoms with Gasteiger partial charge in [-0.1, -0.05) is 18.2 Å². The monoisotopic (exact) mass is 381 g/mol. The third-order valence-corrected chi connectivity index (χ3v) is 4.40. The molecule has 1 aliphatic heterocycles. The lowest BCUT2D eigenvalue weighted by Gasteiger charge is -2.18. The number of ether oxygens (including phenoxy) is 2. The van der Waals surface area contributed by atoms with Crippen LogP contribution >= 0.6 is 0 Å². The lowest BCUT2D eigenvalue weighted by molar-refractivity contribution is -0.136. The first-order valence-electron chi connectivity index (χ1n) is 8.81. The summed E-state index contributed by atoms with van der Waals surface area (Å²) in [4.78, 5) is 26.9. The van der Waals surface area contributed by atoms with Crippen molar-refractivity contribution < 1.29 is 23.5 Å². The molecule has 0 saturated heterocycles. The maximum absolute atomic E-state index is 14.1. The van der Waals surface area contributed by atoms with Crippen LogP contribution in [0.1, 0.15) is 19.4 Å². The third-order valence-electron chi connectivity index (χ3n) is 4.40. The number of amides is 1. The molecule has 0 atom stereocenters. The second kappa shape index (κ2) is 8.08. The van der Waals surface area contributed by atoms with E-state index in [1.807, 2.05) is 6.92 Å². The van der Waals surface area contributed by atoms with Crippen LogP contribution in [0.3, 0.4) is 0 Å². The molecule has 0 N–H and O–H groups in total. The summed E-state index contributed by atoms with van der Waals surface area (Å²) in [6, 6.07) is 13.0. The zero-order valence-electron chi connectivity index (χ0n) is 15.9. The fourth-order valence-corrected chi connectivity index (χ4v) is 3.10. The summed E-state index contributed by atoms with van der Waals surface area (Å²) in [6.45, 7) is 4.07. The Morgan fingerprint density at radius 2 is 1.82 bits per heavy atom. The molecule has 0 unspecified atom stereocenters. The fourth-order valence-electron chi connectivity index (χ4n) is 3.10. The molecular weight excluding hydrogens is 361 g/mol. The number of carbonyl (C=O) groups excluding carboxylic acids is 2. The highest BCUT2D eigenvalue weighted by atomic mass is 19.1. The van der Waals surface area contributed by atoms with Gasteiger partial charge in [-0.05, 0) is 50.3 Å². The summed E-state index contributed by atoms with van der Waals surface area (Å²) in [5.41, 5.74) is 1.41. The van der Waals surface area contributed by atoms with Gasteiger partial charge in [0, 0.05) is 16.9 Å². The lowest BCUT2D eigenvalue weighted by atomic mass is 10.0. The van der Waals surface area contributed by atoms with E-state index in [1.165, 1.54) is 24.2 Å². The summed E-state index contributed by atoms with van der Waals surface area (Å²) in [5.74, 6) is -0.883. The molecule has 3 rings (SSSR count). The highest BCUT2D eigenvalue weighted by molar-refractivity contribution is 6.23. The van der Waals surface area contributed by atoms with Crippen LogP contribution in [0, 0.1) is 5.82 Å². The number of hydrogen-bond acceptors (Lipinski definition) is 4. The number of esters is 1. The molecular formula is C22H20FNO4. The average molecular weight is 381 g/mol. The second-order valence-electron chi connectivity index (χ2n) is 6.10. The van der Waals surface area contributed by atoms with Crippen molar-refractivity contribution in [1.82, 2.24) is 0 Å². The van der Waals surface area contributed by atoms with Gasteiger partial charge in [0.15, 0.2) is 0 Å². The minimum atomic E-state index is -0.651. The van der Waals surface area contributed by atoms with Crippen molar-refractivity contribution in [2.24, 2.45) is 0 Å². The van der Waals surface area contributed by atoms with E-state index in [0.29, 0.717) is 23.7 Å². The first-order valence-corrected chi connectivity index (χ1v) is 8.81. The summed E-state index contributed by atoms with van der Waals surface area (Å²) < 4.78 is 24.4. The van der Waals surface area contributed by atoms with E-state index in [9.17, 15) is 14.0 Å². The van der Waals surface area contributed by atoms with E-state index in [0.717, 1.165) is 0 Å².